The normalized spacial score (nSPS) is 19.4. The van der Waals surface area contributed by atoms with Crippen molar-refractivity contribution in [3.05, 3.63) is 95.6 Å². The number of tetrazole rings is 1. The molecule has 1 fully saturated rings. The van der Waals surface area contributed by atoms with Gasteiger partial charge in [-0.3, -0.25) is 4.79 Å². The van der Waals surface area contributed by atoms with Crippen LogP contribution in [0.5, 0.6) is 0 Å². The molecule has 1 aromatic heterocycles. The van der Waals surface area contributed by atoms with Crippen LogP contribution in [0, 0.1) is 0 Å². The first-order chi connectivity index (χ1) is 19.3. The van der Waals surface area contributed by atoms with Crippen LogP contribution in [0.1, 0.15) is 35.5 Å². The fraction of sp³-hybridized carbons (Fsp3) is 0.259. The third kappa shape index (κ3) is 7.13. The predicted octanol–water partition coefficient (Wildman–Crippen LogP) is 5.80. The third-order valence-electron chi connectivity index (χ3n) is 6.15. The number of carbonyl (C=O) groups is 1. The van der Waals surface area contributed by atoms with Gasteiger partial charge in [-0.1, -0.05) is 101 Å². The van der Waals surface area contributed by atoms with E-state index < -0.39 is 16.0 Å². The summed E-state index contributed by atoms with van der Waals surface area (Å²) >= 11 is 18.5. The molecule has 1 saturated heterocycles. The lowest BCUT2D eigenvalue weighted by atomic mass is 10.0. The number of carbonyl (C=O) groups excluding carboxylic acids is 1. The summed E-state index contributed by atoms with van der Waals surface area (Å²) in [4.78, 5) is 12.0. The highest BCUT2D eigenvalue weighted by Crippen LogP contribution is 2.39. The fourth-order valence-corrected chi connectivity index (χ4v) is 5.17. The first-order valence-electron chi connectivity index (χ1n) is 12.3. The second-order valence-corrected chi connectivity index (χ2v) is 12.2. The number of alkyl halides is 3. The molecule has 0 spiro atoms. The van der Waals surface area contributed by atoms with Crippen molar-refractivity contribution in [2.75, 3.05) is 11.1 Å². The number of nitrogens with one attached hydrogen (secondary N) is 1. The molecule has 0 bridgehead atoms. The monoisotopic (exact) mass is 619 g/mol. The number of hydrogen-bond donors (Lipinski definition) is 2. The van der Waals surface area contributed by atoms with Crippen molar-refractivity contribution in [1.29, 1.82) is 0 Å². The van der Waals surface area contributed by atoms with E-state index in [1.165, 1.54) is 11.8 Å². The van der Waals surface area contributed by atoms with Crippen LogP contribution in [0.3, 0.4) is 0 Å². The van der Waals surface area contributed by atoms with E-state index in [-0.39, 0.29) is 18.8 Å². The van der Waals surface area contributed by atoms with Crippen molar-refractivity contribution in [2.45, 2.75) is 40.5 Å². The number of aliphatic hydroxyl groups is 1. The van der Waals surface area contributed by atoms with Gasteiger partial charge < -0.3 is 19.9 Å². The van der Waals surface area contributed by atoms with E-state index in [4.69, 9.17) is 44.3 Å². The highest BCUT2D eigenvalue weighted by atomic mass is 35.6. The van der Waals surface area contributed by atoms with E-state index in [1.807, 2.05) is 54.6 Å². The molecule has 2 N–H and O–H groups in total. The summed E-state index contributed by atoms with van der Waals surface area (Å²) in [6.45, 7) is -0.0336. The minimum atomic E-state index is -2.07. The molecular weight excluding hydrogens is 597 g/mol. The number of halogens is 3. The van der Waals surface area contributed by atoms with Crippen molar-refractivity contribution >= 4 is 58.2 Å². The molecule has 4 aromatic rings. The zero-order valence-corrected chi connectivity index (χ0v) is 23.9. The summed E-state index contributed by atoms with van der Waals surface area (Å²) in [5, 5.41) is 24.8. The molecule has 0 radical (unpaired) electrons. The molecule has 40 heavy (non-hydrogen) atoms. The predicted molar refractivity (Wildman–Crippen MR) is 154 cm³/mol. The molecule has 1 aliphatic rings. The maximum absolute atomic E-state index is 12.0. The summed E-state index contributed by atoms with van der Waals surface area (Å²) in [7, 11) is 0. The number of aromatic nitrogens is 4. The third-order valence-corrected chi connectivity index (χ3v) is 7.72. The van der Waals surface area contributed by atoms with E-state index in [1.54, 1.807) is 28.9 Å². The highest BCUT2D eigenvalue weighted by Gasteiger charge is 2.33. The van der Waals surface area contributed by atoms with Gasteiger partial charge in [-0.25, -0.2) is 0 Å². The van der Waals surface area contributed by atoms with Crippen LogP contribution in [-0.2, 0) is 20.9 Å². The molecule has 208 valence electrons. The van der Waals surface area contributed by atoms with Gasteiger partial charge in [0.05, 0.1) is 24.5 Å². The number of thioether (sulfide) groups is 1. The summed E-state index contributed by atoms with van der Waals surface area (Å²) < 4.78 is 12.4. The molecule has 1 amide bonds. The van der Waals surface area contributed by atoms with Gasteiger partial charge in [0.1, 0.15) is 0 Å². The van der Waals surface area contributed by atoms with Gasteiger partial charge in [0, 0.05) is 23.4 Å². The Balaban J connectivity index is 1.33. The number of aliphatic hydroxyl groups excluding tert-OH is 1. The number of rotatable bonds is 8. The second kappa shape index (κ2) is 12.9. The lowest BCUT2D eigenvalue weighted by molar-refractivity contribution is -0.245. The van der Waals surface area contributed by atoms with Crippen LogP contribution >= 0.6 is 46.6 Å². The van der Waals surface area contributed by atoms with E-state index >= 15 is 0 Å². The first-order valence-corrected chi connectivity index (χ1v) is 14.4. The molecular formula is C27H24Cl3N5O4S. The number of ether oxygens (including phenoxy) is 2. The van der Waals surface area contributed by atoms with Crippen LogP contribution < -0.4 is 5.32 Å². The number of anilines is 1. The minimum absolute atomic E-state index is 0.0336. The van der Waals surface area contributed by atoms with Crippen LogP contribution in [-0.4, -0.2) is 46.9 Å². The summed E-state index contributed by atoms with van der Waals surface area (Å²) in [5.74, 6) is -0.174. The largest absolute Gasteiger partial charge is 0.392 e. The van der Waals surface area contributed by atoms with Gasteiger partial charge in [0.15, 0.2) is 6.29 Å². The molecule has 2 heterocycles. The minimum Gasteiger partial charge on any atom is -0.392 e. The van der Waals surface area contributed by atoms with Gasteiger partial charge in [0.2, 0.25) is 5.16 Å². The standard InChI is InChI=1S/C27H24Cl3N5O4S/c28-27(29,30)25(37)31-20-12-10-19(11-13-20)24-38-22(14-23(39-24)18-8-6-17(15-36)7-9-18)16-40-26-32-33-34-35(26)21-4-2-1-3-5-21/h1-13,22-24,36H,14-16H2,(H,31,37)/t22-,23+,24+/m0/s1. The van der Waals surface area contributed by atoms with Crippen molar-refractivity contribution in [3.63, 3.8) is 0 Å². The van der Waals surface area contributed by atoms with Gasteiger partial charge in [-0.05, 0) is 45.8 Å². The van der Waals surface area contributed by atoms with E-state index in [2.05, 4.69) is 20.8 Å². The van der Waals surface area contributed by atoms with Crippen molar-refractivity contribution < 1.29 is 19.4 Å². The lowest BCUT2D eigenvalue weighted by Crippen LogP contribution is -2.31. The van der Waals surface area contributed by atoms with Crippen molar-refractivity contribution in [1.82, 2.24) is 20.2 Å². The van der Waals surface area contributed by atoms with Gasteiger partial charge in [0.25, 0.3) is 9.70 Å². The molecule has 1 aliphatic heterocycles. The van der Waals surface area contributed by atoms with Crippen LogP contribution in [0.4, 0.5) is 5.69 Å². The Morgan fingerprint density at radius 3 is 2.38 bits per heavy atom. The van der Waals surface area contributed by atoms with Crippen molar-refractivity contribution in [2.24, 2.45) is 0 Å². The zero-order valence-electron chi connectivity index (χ0n) is 20.9. The molecule has 5 rings (SSSR count). The molecule has 3 aromatic carbocycles. The molecule has 3 atom stereocenters. The summed E-state index contributed by atoms with van der Waals surface area (Å²) in [5.41, 5.74) is 3.88. The molecule has 0 aliphatic carbocycles. The SMILES string of the molecule is O=C(Nc1ccc([C@@H]2O[C@H](CSc3nnnn3-c3ccccc3)C[C@H](c3ccc(CO)cc3)O2)cc1)C(Cl)(Cl)Cl. The van der Waals surface area contributed by atoms with E-state index in [9.17, 15) is 9.90 Å². The Morgan fingerprint density at radius 2 is 1.70 bits per heavy atom. The lowest BCUT2D eigenvalue weighted by Gasteiger charge is -2.36. The van der Waals surface area contributed by atoms with E-state index in [0.717, 1.165) is 22.4 Å². The summed E-state index contributed by atoms with van der Waals surface area (Å²) in [6.07, 6.45) is -0.529. The second-order valence-electron chi connectivity index (χ2n) is 8.94. The molecule has 0 unspecified atom stereocenters. The van der Waals surface area contributed by atoms with E-state index in [0.29, 0.717) is 23.0 Å². The Kier molecular flexibility index (Phi) is 9.27. The quantitative estimate of drug-likeness (QED) is 0.188. The smallest absolute Gasteiger partial charge is 0.276 e. The number of benzene rings is 3. The maximum Gasteiger partial charge on any atom is 0.276 e. The van der Waals surface area contributed by atoms with Crippen molar-refractivity contribution in [3.8, 4) is 5.69 Å². The number of para-hydroxylation sites is 1. The van der Waals surface area contributed by atoms with Gasteiger partial charge in [-0.15, -0.1) is 5.10 Å². The Bertz CT molecular complexity index is 1420. The maximum atomic E-state index is 12.0. The Labute approximate surface area is 249 Å². The van der Waals surface area contributed by atoms with Crippen LogP contribution in [0.15, 0.2) is 84.0 Å². The zero-order chi connectivity index (χ0) is 28.1. The first kappa shape index (κ1) is 28.8. The molecule has 13 heteroatoms. The van der Waals surface area contributed by atoms with Gasteiger partial charge in [-0.2, -0.15) is 4.68 Å². The van der Waals surface area contributed by atoms with Crippen LogP contribution in [0.25, 0.3) is 5.69 Å². The average Bonchev–Trinajstić information content (AvgIpc) is 3.45. The number of nitrogens with zero attached hydrogens (tertiary/aromatic N) is 4. The average molecular weight is 621 g/mol. The highest BCUT2D eigenvalue weighted by molar-refractivity contribution is 7.99. The van der Waals surface area contributed by atoms with Gasteiger partial charge >= 0.3 is 0 Å². The number of hydrogen-bond acceptors (Lipinski definition) is 8. The molecule has 0 saturated carbocycles. The Hall–Kier alpha value is -2.70. The Morgan fingerprint density at radius 1 is 1.00 bits per heavy atom. The topological polar surface area (TPSA) is 111 Å². The number of amides is 1. The summed E-state index contributed by atoms with van der Waals surface area (Å²) in [6, 6.07) is 24.3. The fourth-order valence-electron chi connectivity index (χ4n) is 4.12. The van der Waals surface area contributed by atoms with Crippen LogP contribution in [0.2, 0.25) is 0 Å². The molecule has 9 nitrogen and oxygen atoms in total.